The zero-order chi connectivity index (χ0) is 68.3. The number of imidazole rings is 1. The molecule has 496 valence electrons. The first-order chi connectivity index (χ1) is 43.9. The molecule has 3 fully saturated rings. The second-order valence-corrected chi connectivity index (χ2v) is 29.1. The lowest BCUT2D eigenvalue weighted by Crippen LogP contribution is -2.36. The number of rotatable bonds is 14. The third-order valence-electron chi connectivity index (χ3n) is 13.3. The molecule has 0 saturated carbocycles. The van der Waals surface area contributed by atoms with E-state index < -0.39 is 35.2 Å². The second kappa shape index (κ2) is 42.9. The van der Waals surface area contributed by atoms with Gasteiger partial charge >= 0.3 is 28.8 Å². The van der Waals surface area contributed by atoms with Gasteiger partial charge in [-0.3, -0.25) is 33.4 Å². The van der Waals surface area contributed by atoms with Gasteiger partial charge in [0.2, 0.25) is 0 Å². The molecular weight excluding hydrogens is 1280 g/mol. The molecule has 0 aliphatic carbocycles. The monoisotopic (exact) mass is 1360 g/mol. The van der Waals surface area contributed by atoms with Crippen LogP contribution in [0.5, 0.6) is 0 Å². The van der Waals surface area contributed by atoms with E-state index in [2.05, 4.69) is 161 Å². The van der Waals surface area contributed by atoms with Crippen molar-refractivity contribution in [1.29, 1.82) is 10.5 Å². The van der Waals surface area contributed by atoms with E-state index in [4.69, 9.17) is 68.1 Å². The minimum Gasteiger partial charge on any atom is -0.480 e. The molecule has 0 radical (unpaired) electrons. The van der Waals surface area contributed by atoms with Gasteiger partial charge in [-0.25, -0.2) is 17.9 Å². The van der Waals surface area contributed by atoms with Crippen molar-refractivity contribution in [2.24, 2.45) is 0 Å². The molecule has 93 heavy (non-hydrogen) atoms. The van der Waals surface area contributed by atoms with Gasteiger partial charge in [0.1, 0.15) is 17.8 Å². The summed E-state index contributed by atoms with van der Waals surface area (Å²) in [5, 5.41) is 31.4. The number of hydrogen-bond donors (Lipinski definition) is 3. The molecule has 8 rings (SSSR count). The van der Waals surface area contributed by atoms with Crippen molar-refractivity contribution < 1.29 is 46.0 Å². The van der Waals surface area contributed by atoms with Crippen LogP contribution in [0.1, 0.15) is 147 Å². The number of nitrogens with two attached hydrogens (primary N) is 1. The average Bonchev–Trinajstić information content (AvgIpc) is 1.76. The quantitative estimate of drug-likeness (QED) is 0.0689. The Bertz CT molecular complexity index is 3900. The predicted octanol–water partition coefficient (Wildman–Crippen LogP) is 15.8. The number of hydrogen-bond acceptors (Lipinski definition) is 17. The van der Waals surface area contributed by atoms with Crippen molar-refractivity contribution in [2.45, 2.75) is 178 Å². The highest BCUT2D eigenvalue weighted by atomic mass is 35.5. The van der Waals surface area contributed by atoms with Crippen molar-refractivity contribution in [3.8, 4) is 95.5 Å². The van der Waals surface area contributed by atoms with Crippen molar-refractivity contribution in [3.05, 3.63) is 64.7 Å². The van der Waals surface area contributed by atoms with Gasteiger partial charge in [-0.2, -0.15) is 10.5 Å². The maximum absolute atomic E-state index is 12.3. The SMILES string of the molecule is C.C#CC#CC#CC#CC#CC#CC#CC.CCCP1(=O)OP(=O)(CCC)OP(=O)(CCC)O1.CCN(C(C)C)C(C)C.C[C@@H]1C[C@H](Nc2c(N)cnc3ccc(Cl)cc23)CCO1.C[C@@H]1C[C@H](n2c(CC#N)nc3cnc4ccc(Cl)cc4c32)CCO1.N#CCC(=O)O. The summed E-state index contributed by atoms with van der Waals surface area (Å²) in [6.45, 7) is 25.1. The molecule has 3 aliphatic rings. The number of benzene rings is 2. The number of terminal acetylenes is 1. The molecule has 3 saturated heterocycles. The van der Waals surface area contributed by atoms with E-state index in [1.54, 1.807) is 40.1 Å². The molecule has 4 atom stereocenters. The van der Waals surface area contributed by atoms with E-state index in [-0.39, 0.29) is 50.6 Å². The van der Waals surface area contributed by atoms with Crippen LogP contribution in [-0.4, -0.2) is 104 Å². The van der Waals surface area contributed by atoms with Crippen LogP contribution in [0.4, 0.5) is 11.4 Å². The fourth-order valence-electron chi connectivity index (χ4n) is 9.72. The Labute approximate surface area is 561 Å². The molecule has 19 nitrogen and oxygen atoms in total. The minimum atomic E-state index is -3.57. The van der Waals surface area contributed by atoms with Gasteiger partial charge in [-0.1, -0.05) is 64.2 Å². The molecule has 24 heteroatoms. The van der Waals surface area contributed by atoms with Crippen LogP contribution in [-0.2, 0) is 47.3 Å². The number of halogens is 2. The van der Waals surface area contributed by atoms with Crippen LogP contribution in [0.2, 0.25) is 10.0 Å². The number of fused-ring (bicyclic) bond motifs is 4. The van der Waals surface area contributed by atoms with Crippen molar-refractivity contribution in [1.82, 2.24) is 24.4 Å². The number of nitrogens with one attached hydrogen (secondary N) is 1. The summed E-state index contributed by atoms with van der Waals surface area (Å²) in [6.07, 6.45) is 14.4. The van der Waals surface area contributed by atoms with Crippen LogP contribution in [0.15, 0.2) is 48.8 Å². The zero-order valence-electron chi connectivity index (χ0n) is 54.2. The van der Waals surface area contributed by atoms with Crippen molar-refractivity contribution in [3.63, 3.8) is 0 Å². The van der Waals surface area contributed by atoms with E-state index in [9.17, 15) is 23.8 Å². The summed E-state index contributed by atoms with van der Waals surface area (Å²) in [6, 6.07) is 17.1. The smallest absolute Gasteiger partial charge is 0.345 e. The Morgan fingerprint density at radius 1 is 0.731 bits per heavy atom. The molecule has 0 unspecified atom stereocenters. The highest BCUT2D eigenvalue weighted by Gasteiger charge is 2.51. The van der Waals surface area contributed by atoms with Crippen molar-refractivity contribution >= 4 is 96.2 Å². The minimum absolute atomic E-state index is 0. The summed E-state index contributed by atoms with van der Waals surface area (Å²) in [5.41, 5.74) is 11.3. The summed E-state index contributed by atoms with van der Waals surface area (Å²) < 4.78 is 65.8. The number of carboxylic acid groups (broad SMARTS) is 1. The van der Waals surface area contributed by atoms with Gasteiger partial charge in [0, 0.05) is 58.2 Å². The average molecular weight is 1370 g/mol. The molecule has 6 heterocycles. The van der Waals surface area contributed by atoms with Crippen LogP contribution >= 0.6 is 46.0 Å². The molecule has 4 N–H and O–H groups in total. The lowest BCUT2D eigenvalue weighted by atomic mass is 10.0. The highest BCUT2D eigenvalue weighted by Crippen LogP contribution is 2.82. The van der Waals surface area contributed by atoms with Crippen molar-refractivity contribution in [2.75, 3.05) is 49.3 Å². The van der Waals surface area contributed by atoms with Gasteiger partial charge in [0.15, 0.2) is 0 Å². The van der Waals surface area contributed by atoms with E-state index in [0.717, 1.165) is 89.8 Å². The Balaban J connectivity index is 0.000000396. The fourth-order valence-corrected chi connectivity index (χ4v) is 19.4. The van der Waals surface area contributed by atoms with Crippen LogP contribution in [0, 0.1) is 106 Å². The zero-order valence-corrected chi connectivity index (χ0v) is 58.4. The lowest BCUT2D eigenvalue weighted by molar-refractivity contribution is -0.135. The fraction of sp³-hybridized carbons (Fsp3) is 0.478. The van der Waals surface area contributed by atoms with Gasteiger partial charge in [0.25, 0.3) is 0 Å². The number of nitrogens with zero attached hydrogens (tertiary/aromatic N) is 7. The van der Waals surface area contributed by atoms with E-state index in [1.807, 2.05) is 36.4 Å². The lowest BCUT2D eigenvalue weighted by Gasteiger charge is -2.33. The van der Waals surface area contributed by atoms with Gasteiger partial charge < -0.3 is 30.2 Å². The molecule has 0 bridgehead atoms. The maximum atomic E-state index is 12.3. The predicted molar refractivity (Wildman–Crippen MR) is 376 cm³/mol. The Hall–Kier alpha value is -7.27. The molecular formula is C69H86Cl2N9O10P3. The Morgan fingerprint density at radius 3 is 1.62 bits per heavy atom. The number of aliphatic carboxylic acids is 1. The first kappa shape index (κ1) is 81.8. The largest absolute Gasteiger partial charge is 0.480 e. The number of carboxylic acids is 1. The first-order valence-corrected chi connectivity index (χ1v) is 36.1. The number of nitriles is 2. The number of pyridine rings is 2. The molecule has 2 aromatic carbocycles. The normalized spacial score (nSPS) is 20.5. The summed E-state index contributed by atoms with van der Waals surface area (Å²) >= 11 is 12.3. The Morgan fingerprint density at radius 2 is 1.20 bits per heavy atom. The number of carbonyl (C=O) groups is 1. The van der Waals surface area contributed by atoms with Crippen LogP contribution in [0.25, 0.3) is 32.8 Å². The third-order valence-corrected chi connectivity index (χ3v) is 22.7. The number of nitrogen functional groups attached to an aromatic ring is 1. The van der Waals surface area contributed by atoms with Gasteiger partial charge in [0.05, 0.1) is 89.6 Å². The molecule has 5 aromatic rings. The van der Waals surface area contributed by atoms with E-state index in [1.165, 1.54) is 6.07 Å². The number of aromatic nitrogens is 4. The second-order valence-electron chi connectivity index (χ2n) is 21.3. The van der Waals surface area contributed by atoms with E-state index in [0.29, 0.717) is 53.1 Å². The molecule has 3 aromatic heterocycles. The molecule has 3 aliphatic heterocycles. The summed E-state index contributed by atoms with van der Waals surface area (Å²) in [7, 11) is -10.7. The third kappa shape index (κ3) is 28.5. The van der Waals surface area contributed by atoms with Crippen LogP contribution in [0.3, 0.4) is 0 Å². The standard InChI is InChI=1S/C18H17ClN4O.C15H18ClN3O.C15H4.C9H21O6P3.C8H19N.C3H3NO2.CH4/c1-11-8-13(5-7-24-11)23-17(4-6-20)22-16-10-21-15-3-2-12(19)9-14(15)18(16)23;1-9-6-11(4-5-20-9)19-15-12-7-10(16)2-3-14(12)18-8-13(15)17;1-3-5-7-9-11-13-15-14-12-10-8-6-4-2;1-4-7-16(10)13-17(11,8-5-2)15-18(12,14-16)9-6-3;1-6-9(7(2)3)8(4)5;4-2-1-3(5)6;/h2-3,9-11,13H,4-5,7-8H2,1H3;2-3,7-9,11H,4-6,17H2,1H3,(H,18,19);1H,2H3;4-9H2,1-3H3;7-8H,6H2,1-5H3;1H2,(H,5,6);1H4/t11-,13-;9-,11-;;;;;/m11...../s1. The van der Waals surface area contributed by atoms with E-state index >= 15 is 0 Å². The van der Waals surface area contributed by atoms with Crippen LogP contribution < -0.4 is 11.1 Å². The molecule has 0 spiro atoms. The first-order valence-electron chi connectivity index (χ1n) is 30.2. The maximum Gasteiger partial charge on any atom is 0.345 e. The van der Waals surface area contributed by atoms with Gasteiger partial charge in [-0.05, 0) is 207 Å². The topological polar surface area (TPSA) is 267 Å². The number of ether oxygens (including phenoxy) is 2. The molecule has 0 amide bonds. The summed E-state index contributed by atoms with van der Waals surface area (Å²) in [4.78, 5) is 25.3. The Kier molecular flexibility index (Phi) is 37.7. The van der Waals surface area contributed by atoms with Gasteiger partial charge in [-0.15, -0.1) is 6.42 Å². The number of anilines is 2. The highest BCUT2D eigenvalue weighted by molar-refractivity contribution is 7.80. The summed E-state index contributed by atoms with van der Waals surface area (Å²) in [5.74, 6) is 31.6.